The highest BCUT2D eigenvalue weighted by molar-refractivity contribution is 7.99. The van der Waals surface area contributed by atoms with E-state index < -0.39 is 18.1 Å². The van der Waals surface area contributed by atoms with Crippen LogP contribution in [0, 0.1) is 0 Å². The number of amides is 1. The standard InChI is InChI=1S/C18H21N3O5S2/c1-9-14(16(23)21-8-28-7-11(21)17(24)26-3)15(20-18(27)19-9)10-4-5-12(22)13(6-10)25-2/h4-6,11,15,22H,7-8H2,1-3H3,(H2,19,20,27)/t11-,15?/m0/s1. The molecule has 1 aromatic rings. The first-order valence-electron chi connectivity index (χ1n) is 8.49. The molecular weight excluding hydrogens is 402 g/mol. The Morgan fingerprint density at radius 2 is 2.11 bits per heavy atom. The van der Waals surface area contributed by atoms with E-state index in [0.717, 1.165) is 0 Å². The van der Waals surface area contributed by atoms with E-state index in [1.807, 2.05) is 0 Å². The molecule has 1 aromatic carbocycles. The summed E-state index contributed by atoms with van der Waals surface area (Å²) < 4.78 is 10.0. The number of thioether (sulfide) groups is 1. The molecule has 1 unspecified atom stereocenters. The molecule has 0 radical (unpaired) electrons. The summed E-state index contributed by atoms with van der Waals surface area (Å²) in [5, 5.41) is 16.3. The zero-order valence-electron chi connectivity index (χ0n) is 15.6. The number of esters is 1. The second kappa shape index (κ2) is 8.27. The number of methoxy groups -OCH3 is 2. The van der Waals surface area contributed by atoms with Crippen LogP contribution in [0.4, 0.5) is 0 Å². The first-order valence-corrected chi connectivity index (χ1v) is 10.1. The molecule has 2 aliphatic heterocycles. The number of nitrogens with zero attached hydrogens (tertiary/aromatic N) is 1. The normalized spacial score (nSPS) is 21.8. The van der Waals surface area contributed by atoms with Gasteiger partial charge >= 0.3 is 5.97 Å². The molecule has 28 heavy (non-hydrogen) atoms. The third-order valence-corrected chi connectivity index (χ3v) is 5.89. The molecule has 3 rings (SSSR count). The predicted molar refractivity (Wildman–Crippen MR) is 109 cm³/mol. The molecule has 10 heteroatoms. The Labute approximate surface area is 172 Å². The summed E-state index contributed by atoms with van der Waals surface area (Å²) in [6.45, 7) is 1.77. The largest absolute Gasteiger partial charge is 0.504 e. The Morgan fingerprint density at radius 1 is 1.36 bits per heavy atom. The molecule has 0 aromatic heterocycles. The molecule has 150 valence electrons. The molecule has 8 nitrogen and oxygen atoms in total. The number of thiocarbonyl (C=S) groups is 1. The van der Waals surface area contributed by atoms with Gasteiger partial charge in [-0.15, -0.1) is 11.8 Å². The van der Waals surface area contributed by atoms with Crippen molar-refractivity contribution in [2.24, 2.45) is 0 Å². The van der Waals surface area contributed by atoms with Crippen molar-refractivity contribution < 1.29 is 24.2 Å². The van der Waals surface area contributed by atoms with Crippen LogP contribution in [0.5, 0.6) is 11.5 Å². The van der Waals surface area contributed by atoms with Gasteiger partial charge in [0.25, 0.3) is 5.91 Å². The van der Waals surface area contributed by atoms with Crippen molar-refractivity contribution in [1.82, 2.24) is 15.5 Å². The quantitative estimate of drug-likeness (QED) is 0.488. The highest BCUT2D eigenvalue weighted by Crippen LogP contribution is 2.35. The summed E-state index contributed by atoms with van der Waals surface area (Å²) in [6, 6.07) is 3.66. The van der Waals surface area contributed by atoms with Crippen LogP contribution in [0.3, 0.4) is 0 Å². The Balaban J connectivity index is 2.00. The number of carbonyl (C=O) groups is 2. The summed E-state index contributed by atoms with van der Waals surface area (Å²) in [4.78, 5) is 27.0. The zero-order valence-corrected chi connectivity index (χ0v) is 17.3. The van der Waals surface area contributed by atoms with Crippen molar-refractivity contribution in [3.05, 3.63) is 35.0 Å². The van der Waals surface area contributed by atoms with Crippen molar-refractivity contribution in [3.8, 4) is 11.5 Å². The lowest BCUT2D eigenvalue weighted by atomic mass is 9.94. The maximum absolute atomic E-state index is 13.4. The number of benzene rings is 1. The minimum atomic E-state index is -0.633. The molecule has 0 saturated carbocycles. The van der Waals surface area contributed by atoms with Crippen LogP contribution in [0.15, 0.2) is 29.5 Å². The predicted octanol–water partition coefficient (Wildman–Crippen LogP) is 1.27. The number of nitrogens with one attached hydrogen (secondary N) is 2. The average molecular weight is 424 g/mol. The van der Waals surface area contributed by atoms with Gasteiger partial charge in [0.15, 0.2) is 16.6 Å². The van der Waals surface area contributed by atoms with E-state index in [2.05, 4.69) is 10.6 Å². The summed E-state index contributed by atoms with van der Waals surface area (Å²) in [5.41, 5.74) is 1.74. The third kappa shape index (κ3) is 3.74. The van der Waals surface area contributed by atoms with Crippen LogP contribution >= 0.6 is 24.0 Å². The smallest absolute Gasteiger partial charge is 0.329 e. The number of hydrogen-bond acceptors (Lipinski definition) is 7. The van der Waals surface area contributed by atoms with E-state index in [0.29, 0.717) is 33.6 Å². The van der Waals surface area contributed by atoms with E-state index in [-0.39, 0.29) is 17.4 Å². The van der Waals surface area contributed by atoms with Crippen molar-refractivity contribution in [2.75, 3.05) is 25.8 Å². The minimum absolute atomic E-state index is 0.00182. The van der Waals surface area contributed by atoms with Gasteiger partial charge in [0.05, 0.1) is 31.7 Å². The van der Waals surface area contributed by atoms with Crippen LogP contribution in [0.25, 0.3) is 0 Å². The molecule has 1 saturated heterocycles. The van der Waals surface area contributed by atoms with Gasteiger partial charge in [-0.05, 0) is 36.8 Å². The number of aromatic hydroxyl groups is 1. The number of ether oxygens (including phenoxy) is 2. The van der Waals surface area contributed by atoms with Gasteiger partial charge < -0.3 is 30.1 Å². The Morgan fingerprint density at radius 3 is 2.79 bits per heavy atom. The lowest BCUT2D eigenvalue weighted by Gasteiger charge is -2.33. The van der Waals surface area contributed by atoms with Gasteiger partial charge in [-0.25, -0.2) is 4.79 Å². The molecular formula is C18H21N3O5S2. The van der Waals surface area contributed by atoms with Crippen LogP contribution in [0.2, 0.25) is 0 Å². The molecule has 1 amide bonds. The zero-order chi connectivity index (χ0) is 20.4. The van der Waals surface area contributed by atoms with Gasteiger partial charge in [-0.1, -0.05) is 6.07 Å². The second-order valence-corrected chi connectivity index (χ2v) is 7.72. The fourth-order valence-corrected chi connectivity index (χ4v) is 4.64. The highest BCUT2D eigenvalue weighted by Gasteiger charge is 2.40. The van der Waals surface area contributed by atoms with Crippen LogP contribution in [-0.2, 0) is 14.3 Å². The summed E-state index contributed by atoms with van der Waals surface area (Å²) in [6.07, 6.45) is 0. The fourth-order valence-electron chi connectivity index (χ4n) is 3.23. The number of carbonyl (C=O) groups excluding carboxylic acids is 2. The van der Waals surface area contributed by atoms with Crippen molar-refractivity contribution in [1.29, 1.82) is 0 Å². The van der Waals surface area contributed by atoms with Crippen LogP contribution < -0.4 is 15.4 Å². The number of rotatable bonds is 4. The SMILES string of the molecule is COC(=O)[C@@H]1CSCN1C(=O)C1=C(C)NC(=S)NC1c1ccc(O)c(OC)c1. The van der Waals surface area contributed by atoms with Gasteiger partial charge in [0.2, 0.25) is 0 Å². The molecule has 0 spiro atoms. The molecule has 0 aliphatic carbocycles. The van der Waals surface area contributed by atoms with Crippen LogP contribution in [0.1, 0.15) is 18.5 Å². The van der Waals surface area contributed by atoms with Crippen molar-refractivity contribution in [2.45, 2.75) is 19.0 Å². The maximum atomic E-state index is 13.4. The van der Waals surface area contributed by atoms with E-state index in [4.69, 9.17) is 21.7 Å². The topological polar surface area (TPSA) is 100 Å². The number of phenolic OH excluding ortho intramolecular Hbond substituents is 1. The van der Waals surface area contributed by atoms with E-state index >= 15 is 0 Å². The molecule has 2 aliphatic rings. The molecule has 0 bridgehead atoms. The second-order valence-electron chi connectivity index (χ2n) is 6.32. The Bertz CT molecular complexity index is 858. The molecule has 2 heterocycles. The Hall–Kier alpha value is -2.46. The van der Waals surface area contributed by atoms with Gasteiger partial charge in [-0.2, -0.15) is 0 Å². The highest BCUT2D eigenvalue weighted by atomic mass is 32.2. The molecule has 2 atom stereocenters. The molecule has 3 N–H and O–H groups in total. The summed E-state index contributed by atoms with van der Waals surface area (Å²) in [7, 11) is 2.76. The van der Waals surface area contributed by atoms with Crippen molar-refractivity contribution >= 4 is 41.0 Å². The van der Waals surface area contributed by atoms with E-state index in [1.54, 1.807) is 19.1 Å². The number of allylic oxidation sites excluding steroid dienone is 1. The van der Waals surface area contributed by atoms with Crippen molar-refractivity contribution in [3.63, 3.8) is 0 Å². The summed E-state index contributed by atoms with van der Waals surface area (Å²) in [5.74, 6) is 0.451. The first kappa shape index (κ1) is 20.3. The van der Waals surface area contributed by atoms with Gasteiger partial charge in [0.1, 0.15) is 6.04 Å². The van der Waals surface area contributed by atoms with E-state index in [9.17, 15) is 14.7 Å². The third-order valence-electron chi connectivity index (χ3n) is 4.65. The monoisotopic (exact) mass is 423 g/mol. The first-order chi connectivity index (χ1) is 13.4. The lowest BCUT2D eigenvalue weighted by Crippen LogP contribution is -2.50. The lowest BCUT2D eigenvalue weighted by molar-refractivity contribution is -0.149. The van der Waals surface area contributed by atoms with Crippen LogP contribution in [-0.4, -0.2) is 58.9 Å². The average Bonchev–Trinajstić information content (AvgIpc) is 3.16. The van der Waals surface area contributed by atoms with E-state index in [1.165, 1.54) is 36.9 Å². The van der Waals surface area contributed by atoms with Gasteiger partial charge in [-0.3, -0.25) is 4.79 Å². The minimum Gasteiger partial charge on any atom is -0.504 e. The molecule has 1 fully saturated rings. The fraction of sp³-hybridized carbons (Fsp3) is 0.389. The maximum Gasteiger partial charge on any atom is 0.329 e. The number of hydrogen-bond donors (Lipinski definition) is 3. The van der Waals surface area contributed by atoms with Gasteiger partial charge in [0, 0.05) is 11.4 Å². The summed E-state index contributed by atoms with van der Waals surface area (Å²) >= 11 is 6.76. The number of phenols is 1. The Kier molecular flexibility index (Phi) is 5.99.